The van der Waals surface area contributed by atoms with Crippen molar-refractivity contribution in [2.75, 3.05) is 13.7 Å². The van der Waals surface area contributed by atoms with Crippen molar-refractivity contribution >= 4 is 5.97 Å². The van der Waals surface area contributed by atoms with Crippen LogP contribution in [0.3, 0.4) is 0 Å². The number of carbonyl (C=O) groups is 1. The topological polar surface area (TPSA) is 72.6 Å². The lowest BCUT2D eigenvalue weighted by atomic mass is 9.84. The van der Waals surface area contributed by atoms with Crippen molar-refractivity contribution in [1.82, 2.24) is 0 Å². The summed E-state index contributed by atoms with van der Waals surface area (Å²) < 4.78 is 5.01. The maximum absolute atomic E-state index is 10.6. The second kappa shape index (κ2) is 6.79. The van der Waals surface area contributed by atoms with E-state index in [1.165, 1.54) is 0 Å². The smallest absolute Gasteiger partial charge is 0.303 e. The number of carboxylic acid groups (broad SMARTS) is 1. The van der Waals surface area contributed by atoms with Crippen LogP contribution >= 0.6 is 0 Å². The second-order valence-electron chi connectivity index (χ2n) is 3.77. The Morgan fingerprint density at radius 1 is 1.57 bits per heavy atom. The van der Waals surface area contributed by atoms with Crippen LogP contribution in [0.1, 0.15) is 26.7 Å². The summed E-state index contributed by atoms with van der Waals surface area (Å²) in [6, 6.07) is -0.0590. The predicted octanol–water partition coefficient (Wildman–Crippen LogP) is 1.10. The minimum atomic E-state index is -0.790. The molecule has 0 aliphatic heterocycles. The summed E-state index contributed by atoms with van der Waals surface area (Å²) in [5.41, 5.74) is 5.88. The molecular weight excluding hydrogens is 182 g/mol. The van der Waals surface area contributed by atoms with Crippen LogP contribution in [0.5, 0.6) is 0 Å². The van der Waals surface area contributed by atoms with E-state index in [1.807, 2.05) is 13.8 Å². The summed E-state index contributed by atoms with van der Waals surface area (Å²) in [4.78, 5) is 10.6. The molecule has 14 heavy (non-hydrogen) atoms. The maximum Gasteiger partial charge on any atom is 0.303 e. The average Bonchev–Trinajstić information content (AvgIpc) is 2.13. The zero-order valence-corrected chi connectivity index (χ0v) is 9.19. The van der Waals surface area contributed by atoms with Crippen LogP contribution < -0.4 is 5.73 Å². The number of rotatable bonds is 7. The minimum absolute atomic E-state index is 0.00236. The fourth-order valence-corrected chi connectivity index (χ4v) is 1.67. The Kier molecular flexibility index (Phi) is 6.49. The van der Waals surface area contributed by atoms with Crippen molar-refractivity contribution in [2.24, 2.45) is 17.6 Å². The van der Waals surface area contributed by atoms with Gasteiger partial charge in [0.25, 0.3) is 0 Å². The zero-order chi connectivity index (χ0) is 11.1. The van der Waals surface area contributed by atoms with E-state index in [0.29, 0.717) is 6.61 Å². The first-order chi connectivity index (χ1) is 6.52. The number of methoxy groups -OCH3 is 1. The van der Waals surface area contributed by atoms with E-state index in [0.717, 1.165) is 6.42 Å². The van der Waals surface area contributed by atoms with Crippen LogP contribution in [0, 0.1) is 11.8 Å². The highest BCUT2D eigenvalue weighted by Gasteiger charge is 2.25. The summed E-state index contributed by atoms with van der Waals surface area (Å²) in [6.45, 7) is 4.51. The molecule has 0 aliphatic rings. The first-order valence-electron chi connectivity index (χ1n) is 4.99. The standard InChI is InChI=1S/C10H21NO3/c1-4-9(11)8(5-10(12)13)7(2)6-14-3/h7-9H,4-6,11H2,1-3H3,(H,12,13). The molecule has 4 heteroatoms. The highest BCUT2D eigenvalue weighted by atomic mass is 16.5. The zero-order valence-electron chi connectivity index (χ0n) is 9.19. The SMILES string of the molecule is CCC(N)C(CC(=O)O)C(C)COC. The number of hydrogen-bond donors (Lipinski definition) is 2. The van der Waals surface area contributed by atoms with Gasteiger partial charge in [-0.2, -0.15) is 0 Å². The van der Waals surface area contributed by atoms with E-state index in [9.17, 15) is 4.79 Å². The van der Waals surface area contributed by atoms with Gasteiger partial charge in [0.15, 0.2) is 0 Å². The first kappa shape index (κ1) is 13.4. The third-order valence-electron chi connectivity index (χ3n) is 2.59. The van der Waals surface area contributed by atoms with Crippen LogP contribution in [-0.2, 0) is 9.53 Å². The van der Waals surface area contributed by atoms with Crippen LogP contribution in [0.15, 0.2) is 0 Å². The maximum atomic E-state index is 10.6. The Labute approximate surface area is 85.4 Å². The van der Waals surface area contributed by atoms with E-state index < -0.39 is 5.97 Å². The van der Waals surface area contributed by atoms with Gasteiger partial charge in [0, 0.05) is 26.2 Å². The molecule has 3 N–H and O–H groups in total. The Hall–Kier alpha value is -0.610. The molecule has 0 aromatic heterocycles. The lowest BCUT2D eigenvalue weighted by Gasteiger charge is -2.27. The Bertz CT molecular complexity index is 173. The average molecular weight is 203 g/mol. The van der Waals surface area contributed by atoms with Crippen LogP contribution in [0.2, 0.25) is 0 Å². The highest BCUT2D eigenvalue weighted by Crippen LogP contribution is 2.20. The van der Waals surface area contributed by atoms with E-state index in [-0.39, 0.29) is 24.3 Å². The molecule has 0 saturated heterocycles. The third kappa shape index (κ3) is 4.58. The molecule has 3 atom stereocenters. The molecule has 84 valence electrons. The fourth-order valence-electron chi connectivity index (χ4n) is 1.67. The monoisotopic (exact) mass is 203 g/mol. The van der Waals surface area contributed by atoms with Gasteiger partial charge < -0.3 is 15.6 Å². The van der Waals surface area contributed by atoms with Gasteiger partial charge in [-0.25, -0.2) is 0 Å². The Morgan fingerprint density at radius 3 is 2.50 bits per heavy atom. The number of carboxylic acids is 1. The molecule has 0 aromatic rings. The molecule has 0 spiro atoms. The van der Waals surface area contributed by atoms with Crippen molar-refractivity contribution in [3.63, 3.8) is 0 Å². The van der Waals surface area contributed by atoms with E-state index in [1.54, 1.807) is 7.11 Å². The van der Waals surface area contributed by atoms with Gasteiger partial charge in [0.05, 0.1) is 0 Å². The van der Waals surface area contributed by atoms with Gasteiger partial charge in [-0.1, -0.05) is 13.8 Å². The van der Waals surface area contributed by atoms with Gasteiger partial charge in [-0.3, -0.25) is 4.79 Å². The van der Waals surface area contributed by atoms with Crippen molar-refractivity contribution in [3.8, 4) is 0 Å². The summed E-state index contributed by atoms with van der Waals surface area (Å²) in [6.07, 6.45) is 0.922. The number of nitrogens with two attached hydrogens (primary N) is 1. The molecule has 0 rings (SSSR count). The molecule has 0 amide bonds. The quantitative estimate of drug-likeness (QED) is 0.650. The summed E-state index contributed by atoms with van der Waals surface area (Å²) in [5, 5.41) is 8.75. The van der Waals surface area contributed by atoms with Crippen LogP contribution in [0.25, 0.3) is 0 Å². The molecule has 4 nitrogen and oxygen atoms in total. The van der Waals surface area contributed by atoms with E-state index in [4.69, 9.17) is 15.6 Å². The number of hydrogen-bond acceptors (Lipinski definition) is 3. The molecule has 0 aromatic carbocycles. The van der Waals surface area contributed by atoms with Gasteiger partial charge >= 0.3 is 5.97 Å². The molecule has 0 fully saturated rings. The molecule has 3 unspecified atom stereocenters. The van der Waals surface area contributed by atoms with Crippen LogP contribution in [0.4, 0.5) is 0 Å². The van der Waals surface area contributed by atoms with Crippen LogP contribution in [-0.4, -0.2) is 30.8 Å². The molecule has 0 heterocycles. The molecule has 0 bridgehead atoms. The van der Waals surface area contributed by atoms with Crippen molar-refractivity contribution in [1.29, 1.82) is 0 Å². The molecule has 0 saturated carbocycles. The van der Waals surface area contributed by atoms with Gasteiger partial charge in [-0.15, -0.1) is 0 Å². The van der Waals surface area contributed by atoms with E-state index >= 15 is 0 Å². The predicted molar refractivity (Wildman–Crippen MR) is 55.0 cm³/mol. The summed E-state index contributed by atoms with van der Waals surface area (Å²) in [7, 11) is 1.62. The van der Waals surface area contributed by atoms with Gasteiger partial charge in [-0.05, 0) is 18.3 Å². The molecule has 0 radical (unpaired) electrons. The minimum Gasteiger partial charge on any atom is -0.481 e. The van der Waals surface area contributed by atoms with Crippen molar-refractivity contribution in [3.05, 3.63) is 0 Å². The Balaban J connectivity index is 4.29. The second-order valence-corrected chi connectivity index (χ2v) is 3.77. The summed E-state index contributed by atoms with van der Waals surface area (Å²) >= 11 is 0. The lowest BCUT2D eigenvalue weighted by molar-refractivity contribution is -0.138. The molecule has 0 aliphatic carbocycles. The Morgan fingerprint density at radius 2 is 2.14 bits per heavy atom. The number of aliphatic carboxylic acids is 1. The lowest BCUT2D eigenvalue weighted by Crippen LogP contribution is -2.36. The van der Waals surface area contributed by atoms with Gasteiger partial charge in [0.2, 0.25) is 0 Å². The molecular formula is C10H21NO3. The van der Waals surface area contributed by atoms with Gasteiger partial charge in [0.1, 0.15) is 0 Å². The number of ether oxygens (including phenoxy) is 1. The van der Waals surface area contributed by atoms with Crippen molar-refractivity contribution in [2.45, 2.75) is 32.7 Å². The third-order valence-corrected chi connectivity index (χ3v) is 2.59. The largest absolute Gasteiger partial charge is 0.481 e. The van der Waals surface area contributed by atoms with Crippen molar-refractivity contribution < 1.29 is 14.6 Å². The van der Waals surface area contributed by atoms with E-state index in [2.05, 4.69) is 0 Å². The fraction of sp³-hybridized carbons (Fsp3) is 0.900. The first-order valence-corrected chi connectivity index (χ1v) is 4.99. The summed E-state index contributed by atoms with van der Waals surface area (Å²) in [5.74, 6) is -0.606. The highest BCUT2D eigenvalue weighted by molar-refractivity contribution is 5.67. The normalized spacial score (nSPS) is 17.4.